The Hall–Kier alpha value is -3.17. The Kier molecular flexibility index (Phi) is 14.4. The Bertz CT molecular complexity index is 1490. The summed E-state index contributed by atoms with van der Waals surface area (Å²) in [6.45, 7) is 10.3. The highest BCUT2D eigenvalue weighted by molar-refractivity contribution is 6.33. The minimum absolute atomic E-state index is 0.0268. The van der Waals surface area contributed by atoms with Crippen LogP contribution in [0.25, 0.3) is 12.2 Å². The number of halogens is 3. The molecule has 43 heavy (non-hydrogen) atoms. The quantitative estimate of drug-likeness (QED) is 0.142. The minimum atomic E-state index is -1.13. The zero-order valence-corrected chi connectivity index (χ0v) is 26.6. The van der Waals surface area contributed by atoms with Gasteiger partial charge in [0.1, 0.15) is 17.7 Å². The number of pyridine rings is 1. The first-order chi connectivity index (χ1) is 20.3. The number of nitrogens with one attached hydrogen (secondary N) is 1. The van der Waals surface area contributed by atoms with Crippen LogP contribution in [0.2, 0.25) is 5.02 Å². The molecule has 1 atom stereocenters. The molecule has 1 aromatic heterocycles. The summed E-state index contributed by atoms with van der Waals surface area (Å²) in [4.78, 5) is 8.79. The standard InChI is InChI=1S/C34H44ClF2N3O3/c1-7-9-11-12-25(18-38-23(4)34(5,6)43)22(3)30(37)17-31-27(13-10-8-2)33(28(35)20-39-31)40-19-26-16-24(32(42)21-41)14-15-29(26)36/h11-18,20,32,40-43H,7-10,19,21H2,1-6H3/b12-11+,25-18+,27-13-,30-22-,31-17+,38-23?. The maximum Gasteiger partial charge on any atom is 0.128 e. The maximum atomic E-state index is 15.8. The number of aliphatic imine (C=N–C) groups is 1. The lowest BCUT2D eigenvalue weighted by molar-refractivity contribution is 0.0955. The first kappa shape index (κ1) is 36.0. The third kappa shape index (κ3) is 10.8. The molecule has 1 aromatic carbocycles. The van der Waals surface area contributed by atoms with Crippen LogP contribution in [-0.4, -0.2) is 38.2 Å². The Labute approximate surface area is 258 Å². The monoisotopic (exact) mass is 615 g/mol. The van der Waals surface area contributed by atoms with Crippen LogP contribution in [-0.2, 0) is 6.54 Å². The second kappa shape index (κ2) is 17.2. The summed E-state index contributed by atoms with van der Waals surface area (Å²) < 4.78 is 30.5. The zero-order valence-electron chi connectivity index (χ0n) is 25.9. The van der Waals surface area contributed by atoms with Crippen molar-refractivity contribution in [3.05, 3.63) is 92.3 Å². The molecule has 0 fully saturated rings. The number of hydrogen-bond donors (Lipinski definition) is 4. The van der Waals surface area contributed by atoms with Crippen LogP contribution < -0.4 is 15.9 Å². The normalized spacial score (nSPS) is 15.3. The third-order valence-electron chi connectivity index (χ3n) is 6.91. The van der Waals surface area contributed by atoms with Crippen molar-refractivity contribution in [3.8, 4) is 0 Å². The van der Waals surface area contributed by atoms with Crippen LogP contribution in [0.15, 0.2) is 64.7 Å². The fraction of sp³-hybridized carbons (Fsp3) is 0.412. The summed E-state index contributed by atoms with van der Waals surface area (Å²) in [5, 5.41) is 33.9. The molecule has 0 saturated heterocycles. The van der Waals surface area contributed by atoms with E-state index in [0.29, 0.717) is 45.1 Å². The van der Waals surface area contributed by atoms with Gasteiger partial charge in [0.05, 0.1) is 28.3 Å². The van der Waals surface area contributed by atoms with Crippen molar-refractivity contribution in [2.45, 2.75) is 85.5 Å². The van der Waals surface area contributed by atoms with Crippen LogP contribution in [0.4, 0.5) is 14.5 Å². The van der Waals surface area contributed by atoms with Gasteiger partial charge in [-0.1, -0.05) is 62.6 Å². The number of hydrogen-bond acceptors (Lipinski definition) is 6. The topological polar surface area (TPSA) is 98.0 Å². The van der Waals surface area contributed by atoms with E-state index >= 15 is 4.39 Å². The zero-order chi connectivity index (χ0) is 32.2. The minimum Gasteiger partial charge on any atom is -0.393 e. The lowest BCUT2D eigenvalue weighted by Gasteiger charge is -2.16. The van der Waals surface area contributed by atoms with Crippen LogP contribution in [0.1, 0.15) is 84.5 Å². The average Bonchev–Trinajstić information content (AvgIpc) is 2.97. The molecule has 9 heteroatoms. The molecule has 4 N–H and O–H groups in total. The molecule has 0 amide bonds. The van der Waals surface area contributed by atoms with Gasteiger partial charge >= 0.3 is 0 Å². The van der Waals surface area contributed by atoms with Crippen molar-refractivity contribution in [2.24, 2.45) is 4.99 Å². The Morgan fingerprint density at radius 2 is 1.88 bits per heavy atom. The molecule has 0 aliphatic carbocycles. The van der Waals surface area contributed by atoms with Crippen molar-refractivity contribution >= 4 is 35.2 Å². The van der Waals surface area contributed by atoms with Crippen LogP contribution >= 0.6 is 11.6 Å². The highest BCUT2D eigenvalue weighted by Gasteiger charge is 2.16. The highest BCUT2D eigenvalue weighted by atomic mass is 35.5. The molecule has 1 heterocycles. The Balaban J connectivity index is 2.65. The van der Waals surface area contributed by atoms with Crippen molar-refractivity contribution < 1.29 is 24.1 Å². The SMILES string of the molecule is CCC/C=C/C(=C\N=C(C)C(C)(C)O)C(/C)=C(F)/C=c1/ncc(Cl)c(NCc2cc(C(O)CO)ccc2F)/c1=C\CCC. The smallest absolute Gasteiger partial charge is 0.128 e. The van der Waals surface area contributed by atoms with Crippen molar-refractivity contribution in [1.82, 2.24) is 4.98 Å². The number of allylic oxidation sites excluding steroid dienone is 5. The summed E-state index contributed by atoms with van der Waals surface area (Å²) in [7, 11) is 0. The fourth-order valence-electron chi connectivity index (χ4n) is 3.87. The fourth-order valence-corrected chi connectivity index (χ4v) is 4.08. The first-order valence-corrected chi connectivity index (χ1v) is 14.9. The number of benzene rings is 1. The van der Waals surface area contributed by atoms with Gasteiger partial charge in [0.25, 0.3) is 0 Å². The largest absolute Gasteiger partial charge is 0.393 e. The third-order valence-corrected chi connectivity index (χ3v) is 7.20. The molecule has 0 bridgehead atoms. The number of anilines is 1. The van der Waals surface area contributed by atoms with E-state index in [-0.39, 0.29) is 17.1 Å². The number of aromatic nitrogens is 1. The van der Waals surface area contributed by atoms with E-state index in [9.17, 15) is 19.7 Å². The van der Waals surface area contributed by atoms with Gasteiger partial charge in [0.2, 0.25) is 0 Å². The molecule has 0 aliphatic heterocycles. The van der Waals surface area contributed by atoms with Gasteiger partial charge in [-0.3, -0.25) is 9.98 Å². The Morgan fingerprint density at radius 1 is 1.19 bits per heavy atom. The molecule has 0 saturated carbocycles. The van der Waals surface area contributed by atoms with Crippen LogP contribution in [0.3, 0.4) is 0 Å². The number of unbranched alkanes of at least 4 members (excludes halogenated alkanes) is 2. The van der Waals surface area contributed by atoms with Crippen molar-refractivity contribution in [1.29, 1.82) is 0 Å². The molecule has 0 aliphatic rings. The van der Waals surface area contributed by atoms with E-state index in [1.54, 1.807) is 33.9 Å². The molecule has 2 rings (SSSR count). The summed E-state index contributed by atoms with van der Waals surface area (Å²) in [6, 6.07) is 4.13. The number of aliphatic hydroxyl groups is 3. The number of rotatable bonds is 14. The summed E-state index contributed by atoms with van der Waals surface area (Å²) in [5.41, 5.74) is 1.40. The summed E-state index contributed by atoms with van der Waals surface area (Å²) in [5.74, 6) is -1.01. The maximum absolute atomic E-state index is 15.8. The second-order valence-electron chi connectivity index (χ2n) is 10.8. The molecule has 0 spiro atoms. The lowest BCUT2D eigenvalue weighted by Crippen LogP contribution is -2.31. The van der Waals surface area contributed by atoms with Gasteiger partial charge in [-0.2, -0.15) is 0 Å². The molecule has 0 radical (unpaired) electrons. The Morgan fingerprint density at radius 3 is 2.51 bits per heavy atom. The summed E-state index contributed by atoms with van der Waals surface area (Å²) in [6.07, 6.45) is 12.1. The van der Waals surface area contributed by atoms with E-state index < -0.39 is 30.0 Å². The predicted octanol–water partition coefficient (Wildman–Crippen LogP) is 6.59. The van der Waals surface area contributed by atoms with E-state index in [1.165, 1.54) is 30.5 Å². The van der Waals surface area contributed by atoms with Gasteiger partial charge in [0, 0.05) is 41.5 Å². The van der Waals surface area contributed by atoms with Crippen LogP contribution in [0, 0.1) is 5.82 Å². The van der Waals surface area contributed by atoms with E-state index in [2.05, 4.69) is 22.2 Å². The molecule has 234 valence electrons. The molecular formula is C34H44ClF2N3O3. The van der Waals surface area contributed by atoms with E-state index in [0.717, 1.165) is 19.3 Å². The molecule has 1 unspecified atom stereocenters. The van der Waals surface area contributed by atoms with Crippen LogP contribution in [0.5, 0.6) is 0 Å². The lowest BCUT2D eigenvalue weighted by atomic mass is 10.0. The molecule has 2 aromatic rings. The van der Waals surface area contributed by atoms with Gasteiger partial charge in [-0.15, -0.1) is 0 Å². The number of nitrogens with zero attached hydrogens (tertiary/aromatic N) is 2. The van der Waals surface area contributed by atoms with Gasteiger partial charge in [-0.25, -0.2) is 8.78 Å². The average molecular weight is 616 g/mol. The molecule has 6 nitrogen and oxygen atoms in total. The van der Waals surface area contributed by atoms with Gasteiger partial charge in [0.15, 0.2) is 0 Å². The van der Waals surface area contributed by atoms with E-state index in [4.69, 9.17) is 11.6 Å². The predicted molar refractivity (Wildman–Crippen MR) is 173 cm³/mol. The van der Waals surface area contributed by atoms with Crippen molar-refractivity contribution in [3.63, 3.8) is 0 Å². The second-order valence-corrected chi connectivity index (χ2v) is 11.2. The van der Waals surface area contributed by atoms with Gasteiger partial charge in [-0.05, 0) is 69.4 Å². The highest BCUT2D eigenvalue weighted by Crippen LogP contribution is 2.22. The summed E-state index contributed by atoms with van der Waals surface area (Å²) >= 11 is 6.53. The first-order valence-electron chi connectivity index (χ1n) is 14.5. The van der Waals surface area contributed by atoms with Gasteiger partial charge < -0.3 is 20.6 Å². The number of aliphatic hydroxyl groups excluding tert-OH is 2. The van der Waals surface area contributed by atoms with Crippen molar-refractivity contribution in [2.75, 3.05) is 11.9 Å². The molecular weight excluding hydrogens is 572 g/mol. The van der Waals surface area contributed by atoms with E-state index in [1.807, 2.05) is 25.2 Å².